The maximum atomic E-state index is 12.2. The van der Waals surface area contributed by atoms with E-state index in [-0.39, 0.29) is 5.56 Å². The van der Waals surface area contributed by atoms with Gasteiger partial charge in [-0.1, -0.05) is 19.4 Å². The Morgan fingerprint density at radius 3 is 2.75 bits per heavy atom. The number of aryl methyl sites for hydroxylation is 1. The molecule has 0 amide bonds. The second kappa shape index (κ2) is 5.77. The number of fused-ring (bicyclic) bond motifs is 1. The Kier molecular flexibility index (Phi) is 4.08. The Labute approximate surface area is 116 Å². The highest BCUT2D eigenvalue weighted by molar-refractivity contribution is 5.94. The first-order chi connectivity index (χ1) is 9.60. The number of rotatable bonds is 5. The Balaban J connectivity index is 2.82. The smallest absolute Gasteiger partial charge is 0.341 e. The highest BCUT2D eigenvalue weighted by Crippen LogP contribution is 2.24. The van der Waals surface area contributed by atoms with Crippen LogP contribution in [-0.4, -0.2) is 22.8 Å². The van der Waals surface area contributed by atoms with Crippen LogP contribution in [0.15, 0.2) is 29.2 Å². The zero-order valence-corrected chi connectivity index (χ0v) is 11.5. The molecule has 1 heterocycles. The van der Waals surface area contributed by atoms with Crippen LogP contribution >= 0.6 is 0 Å². The van der Waals surface area contributed by atoms with Crippen LogP contribution in [0, 0.1) is 0 Å². The van der Waals surface area contributed by atoms with Crippen LogP contribution in [-0.2, 0) is 6.54 Å². The number of carboxylic acids is 1. The van der Waals surface area contributed by atoms with Crippen LogP contribution in [0.2, 0.25) is 0 Å². The number of pyridine rings is 1. The van der Waals surface area contributed by atoms with Gasteiger partial charge in [0.2, 0.25) is 5.43 Å². The zero-order chi connectivity index (χ0) is 14.7. The van der Waals surface area contributed by atoms with Crippen molar-refractivity contribution in [3.8, 4) is 5.75 Å². The van der Waals surface area contributed by atoms with Crippen molar-refractivity contribution in [3.63, 3.8) is 0 Å². The third kappa shape index (κ3) is 2.39. The zero-order valence-electron chi connectivity index (χ0n) is 11.5. The summed E-state index contributed by atoms with van der Waals surface area (Å²) in [6.45, 7) is 2.70. The lowest BCUT2D eigenvalue weighted by Crippen LogP contribution is -2.19. The predicted molar refractivity (Wildman–Crippen MR) is 76.6 cm³/mol. The van der Waals surface area contributed by atoms with Crippen molar-refractivity contribution in [2.45, 2.75) is 26.3 Å². The summed E-state index contributed by atoms with van der Waals surface area (Å²) in [5.41, 5.74) is -0.0283. The first kappa shape index (κ1) is 14.1. The maximum Gasteiger partial charge on any atom is 0.341 e. The van der Waals surface area contributed by atoms with Gasteiger partial charge in [-0.3, -0.25) is 4.79 Å². The summed E-state index contributed by atoms with van der Waals surface area (Å²) in [6.07, 6.45) is 3.28. The molecule has 0 aliphatic rings. The minimum atomic E-state index is -1.20. The largest absolute Gasteiger partial charge is 0.495 e. The van der Waals surface area contributed by atoms with Gasteiger partial charge in [0.1, 0.15) is 11.3 Å². The van der Waals surface area contributed by atoms with E-state index in [2.05, 4.69) is 6.92 Å². The van der Waals surface area contributed by atoms with E-state index < -0.39 is 11.4 Å². The number of hydrogen-bond acceptors (Lipinski definition) is 3. The fourth-order valence-electron chi connectivity index (χ4n) is 2.25. The number of nitrogens with zero attached hydrogens (tertiary/aromatic N) is 1. The quantitative estimate of drug-likeness (QED) is 0.910. The number of hydrogen-bond donors (Lipinski definition) is 1. The van der Waals surface area contributed by atoms with Crippen LogP contribution in [0.1, 0.15) is 30.1 Å². The van der Waals surface area contributed by atoms with E-state index in [1.54, 1.807) is 22.8 Å². The van der Waals surface area contributed by atoms with E-state index in [9.17, 15) is 9.59 Å². The first-order valence-electron chi connectivity index (χ1n) is 6.53. The summed E-state index contributed by atoms with van der Waals surface area (Å²) in [7, 11) is 1.54. The molecule has 5 heteroatoms. The Bertz CT molecular complexity index is 703. The van der Waals surface area contributed by atoms with Crippen LogP contribution in [0.4, 0.5) is 0 Å². The molecule has 106 valence electrons. The molecule has 0 aliphatic carbocycles. The molecule has 2 rings (SSSR count). The van der Waals surface area contributed by atoms with Crippen molar-refractivity contribution < 1.29 is 14.6 Å². The third-order valence-electron chi connectivity index (χ3n) is 3.26. The van der Waals surface area contributed by atoms with Gasteiger partial charge in [0.25, 0.3) is 0 Å². The normalized spacial score (nSPS) is 10.7. The monoisotopic (exact) mass is 275 g/mol. The molecule has 0 radical (unpaired) electrons. The predicted octanol–water partition coefficient (Wildman–Crippen LogP) is 2.51. The van der Waals surface area contributed by atoms with Crippen LogP contribution in [0.3, 0.4) is 0 Å². The molecule has 1 aromatic carbocycles. The summed E-state index contributed by atoms with van der Waals surface area (Å²) in [6, 6.07) is 5.10. The summed E-state index contributed by atoms with van der Waals surface area (Å²) in [5.74, 6) is -0.627. The molecule has 0 spiro atoms. The lowest BCUT2D eigenvalue weighted by Gasteiger charge is -2.14. The van der Waals surface area contributed by atoms with Gasteiger partial charge < -0.3 is 14.4 Å². The van der Waals surface area contributed by atoms with Gasteiger partial charge in [-0.05, 0) is 18.6 Å². The number of carbonyl (C=O) groups is 1. The molecule has 0 fully saturated rings. The number of para-hydroxylation sites is 1. The Morgan fingerprint density at radius 1 is 1.40 bits per heavy atom. The van der Waals surface area contributed by atoms with Crippen molar-refractivity contribution in [2.24, 2.45) is 0 Å². The average molecular weight is 275 g/mol. The number of unbranched alkanes of at least 4 members (excludes halogenated alkanes) is 1. The van der Waals surface area contributed by atoms with Crippen molar-refractivity contribution in [2.75, 3.05) is 7.11 Å². The summed E-state index contributed by atoms with van der Waals surface area (Å²) >= 11 is 0. The molecule has 5 nitrogen and oxygen atoms in total. The van der Waals surface area contributed by atoms with E-state index in [0.717, 1.165) is 12.8 Å². The molecule has 0 aliphatic heterocycles. The Morgan fingerprint density at radius 2 is 2.15 bits per heavy atom. The van der Waals surface area contributed by atoms with E-state index in [1.807, 2.05) is 0 Å². The molecule has 1 aromatic heterocycles. The summed E-state index contributed by atoms with van der Waals surface area (Å²) in [4.78, 5) is 23.4. The molecule has 2 aromatic rings. The summed E-state index contributed by atoms with van der Waals surface area (Å²) < 4.78 is 7.09. The van der Waals surface area contributed by atoms with Gasteiger partial charge in [0, 0.05) is 12.7 Å². The number of benzene rings is 1. The average Bonchev–Trinajstić information content (AvgIpc) is 2.45. The fourth-order valence-corrected chi connectivity index (χ4v) is 2.25. The van der Waals surface area contributed by atoms with Gasteiger partial charge in [-0.25, -0.2) is 4.79 Å². The van der Waals surface area contributed by atoms with Gasteiger partial charge in [-0.15, -0.1) is 0 Å². The van der Waals surface area contributed by atoms with Gasteiger partial charge in [-0.2, -0.15) is 0 Å². The topological polar surface area (TPSA) is 68.5 Å². The molecule has 1 N–H and O–H groups in total. The van der Waals surface area contributed by atoms with Crippen molar-refractivity contribution in [3.05, 3.63) is 40.2 Å². The molecular weight excluding hydrogens is 258 g/mol. The number of aromatic nitrogens is 1. The standard InChI is InChI=1S/C15H17NO4/c1-3-4-8-16-9-11(15(18)19)14(17)10-6-5-7-12(20-2)13(10)16/h5-7,9H,3-4,8H2,1-2H3,(H,18,19). The number of methoxy groups -OCH3 is 1. The van der Waals surface area contributed by atoms with Crippen LogP contribution < -0.4 is 10.2 Å². The SMILES string of the molecule is CCCCn1cc(C(=O)O)c(=O)c2cccc(OC)c21. The number of carboxylic acid groups (broad SMARTS) is 1. The highest BCUT2D eigenvalue weighted by atomic mass is 16.5. The van der Waals surface area contributed by atoms with Crippen LogP contribution in [0.5, 0.6) is 5.75 Å². The molecular formula is C15H17NO4. The lowest BCUT2D eigenvalue weighted by atomic mass is 10.1. The second-order valence-corrected chi connectivity index (χ2v) is 4.58. The van der Waals surface area contributed by atoms with Gasteiger partial charge in [0.05, 0.1) is 18.0 Å². The lowest BCUT2D eigenvalue weighted by molar-refractivity contribution is 0.0695. The molecule has 0 unspecified atom stereocenters. The third-order valence-corrected chi connectivity index (χ3v) is 3.26. The van der Waals surface area contributed by atoms with Crippen LogP contribution in [0.25, 0.3) is 10.9 Å². The minimum Gasteiger partial charge on any atom is -0.495 e. The maximum absolute atomic E-state index is 12.2. The molecule has 0 atom stereocenters. The van der Waals surface area contributed by atoms with E-state index in [0.29, 0.717) is 23.2 Å². The number of aromatic carboxylic acids is 1. The van der Waals surface area contributed by atoms with E-state index in [1.165, 1.54) is 13.3 Å². The van der Waals surface area contributed by atoms with E-state index in [4.69, 9.17) is 9.84 Å². The van der Waals surface area contributed by atoms with Crippen molar-refractivity contribution in [1.82, 2.24) is 4.57 Å². The fraction of sp³-hybridized carbons (Fsp3) is 0.333. The number of ether oxygens (including phenoxy) is 1. The molecule has 0 saturated carbocycles. The Hall–Kier alpha value is -2.30. The first-order valence-corrected chi connectivity index (χ1v) is 6.53. The molecule has 0 saturated heterocycles. The molecule has 20 heavy (non-hydrogen) atoms. The molecule has 0 bridgehead atoms. The van der Waals surface area contributed by atoms with E-state index >= 15 is 0 Å². The minimum absolute atomic E-state index is 0.207. The van der Waals surface area contributed by atoms with Gasteiger partial charge in [0.15, 0.2) is 0 Å². The van der Waals surface area contributed by atoms with Crippen molar-refractivity contribution >= 4 is 16.9 Å². The second-order valence-electron chi connectivity index (χ2n) is 4.58. The van der Waals surface area contributed by atoms with Crippen molar-refractivity contribution in [1.29, 1.82) is 0 Å². The highest BCUT2D eigenvalue weighted by Gasteiger charge is 2.16. The summed E-state index contributed by atoms with van der Waals surface area (Å²) in [5, 5.41) is 9.53. The van der Waals surface area contributed by atoms with Gasteiger partial charge >= 0.3 is 5.97 Å².